The van der Waals surface area contributed by atoms with Gasteiger partial charge in [-0.05, 0) is 42.2 Å². The number of H-pyrrole nitrogens is 1. The number of oxazole rings is 1. The van der Waals surface area contributed by atoms with E-state index >= 15 is 0 Å². The summed E-state index contributed by atoms with van der Waals surface area (Å²) in [5.41, 5.74) is 5.68. The van der Waals surface area contributed by atoms with Crippen LogP contribution in [0.15, 0.2) is 46.9 Å². The van der Waals surface area contributed by atoms with Crippen LogP contribution in [0.4, 0.5) is 0 Å². The zero-order chi connectivity index (χ0) is 21.5. The molecule has 0 saturated carbocycles. The van der Waals surface area contributed by atoms with Crippen molar-refractivity contribution in [3.63, 3.8) is 0 Å². The molecule has 6 heteroatoms. The number of nitrogens with one attached hydrogen (secondary N) is 1. The van der Waals surface area contributed by atoms with Crippen LogP contribution in [0.2, 0.25) is 0 Å². The third kappa shape index (κ3) is 3.41. The van der Waals surface area contributed by atoms with Gasteiger partial charge in [0.25, 0.3) is 5.91 Å². The largest absolute Gasteiger partial charge is 0.441 e. The van der Waals surface area contributed by atoms with Gasteiger partial charge in [0.15, 0.2) is 11.5 Å². The first-order valence-electron chi connectivity index (χ1n) is 10.9. The summed E-state index contributed by atoms with van der Waals surface area (Å²) in [6.45, 7) is 5.60. The van der Waals surface area contributed by atoms with Gasteiger partial charge in [-0.2, -0.15) is 0 Å². The summed E-state index contributed by atoms with van der Waals surface area (Å²) in [7, 11) is 1.65. The molecular weight excluding hydrogens is 390 g/mol. The van der Waals surface area contributed by atoms with E-state index in [-0.39, 0.29) is 17.9 Å². The Morgan fingerprint density at radius 3 is 2.94 bits per heavy atom. The van der Waals surface area contributed by atoms with E-state index in [0.29, 0.717) is 36.6 Å². The van der Waals surface area contributed by atoms with Crippen LogP contribution < -0.4 is 0 Å². The lowest BCUT2D eigenvalue weighted by Crippen LogP contribution is -2.42. The van der Waals surface area contributed by atoms with Crippen LogP contribution in [0.3, 0.4) is 0 Å². The molecule has 0 aliphatic carbocycles. The van der Waals surface area contributed by atoms with E-state index in [1.165, 1.54) is 16.6 Å². The number of carbonyl (C=O) groups is 1. The van der Waals surface area contributed by atoms with E-state index in [9.17, 15) is 4.79 Å². The van der Waals surface area contributed by atoms with Gasteiger partial charge in [0, 0.05) is 42.2 Å². The molecule has 0 radical (unpaired) electrons. The van der Waals surface area contributed by atoms with Gasteiger partial charge in [-0.25, -0.2) is 4.98 Å². The molecule has 1 atom stereocenters. The molecule has 1 amide bonds. The van der Waals surface area contributed by atoms with Crippen molar-refractivity contribution >= 4 is 27.9 Å². The fourth-order valence-electron chi connectivity index (χ4n) is 4.76. The molecule has 160 valence electrons. The van der Waals surface area contributed by atoms with Crippen molar-refractivity contribution in [2.24, 2.45) is 5.92 Å². The molecule has 3 heterocycles. The highest BCUT2D eigenvalue weighted by molar-refractivity contribution is 5.98. The molecule has 1 aliphatic rings. The van der Waals surface area contributed by atoms with Crippen molar-refractivity contribution < 1.29 is 13.9 Å². The van der Waals surface area contributed by atoms with Gasteiger partial charge in [0.2, 0.25) is 0 Å². The number of amides is 1. The summed E-state index contributed by atoms with van der Waals surface area (Å²) in [6.07, 6.45) is 1.46. The van der Waals surface area contributed by atoms with Gasteiger partial charge in [0.05, 0.1) is 12.6 Å². The summed E-state index contributed by atoms with van der Waals surface area (Å²) in [6, 6.07) is 13.9. The van der Waals surface area contributed by atoms with Crippen LogP contribution in [0, 0.1) is 5.92 Å². The second kappa shape index (κ2) is 7.85. The molecule has 1 aliphatic heterocycles. The molecule has 0 saturated heterocycles. The van der Waals surface area contributed by atoms with E-state index in [4.69, 9.17) is 9.15 Å². The van der Waals surface area contributed by atoms with Crippen molar-refractivity contribution in [3.8, 4) is 0 Å². The summed E-state index contributed by atoms with van der Waals surface area (Å²) in [5, 5.41) is 1.27. The molecule has 0 spiro atoms. The second-order valence-electron chi connectivity index (χ2n) is 8.53. The zero-order valence-corrected chi connectivity index (χ0v) is 18.1. The Bertz CT molecular complexity index is 1250. The minimum Gasteiger partial charge on any atom is -0.441 e. The minimum absolute atomic E-state index is 0.00587. The predicted molar refractivity (Wildman–Crippen MR) is 120 cm³/mol. The number of carbonyl (C=O) groups excluding carboxylic acids is 1. The van der Waals surface area contributed by atoms with E-state index in [0.717, 1.165) is 17.5 Å². The standard InChI is InChI=1S/C25H27N3O3/c1-15(2)24-23-18(17-6-4-5-7-19(17)27-23)10-12-28(24)25(29)16-8-9-20-21(14-16)31-22(26-20)11-13-30-3/h4-9,14-15,24,27H,10-13H2,1-3H3/t24-/m0/s1. The maximum atomic E-state index is 13.6. The molecule has 31 heavy (non-hydrogen) atoms. The number of hydrogen-bond donors (Lipinski definition) is 1. The number of nitrogens with zero attached hydrogens (tertiary/aromatic N) is 2. The molecular formula is C25H27N3O3. The Hall–Kier alpha value is -3.12. The van der Waals surface area contributed by atoms with Crippen molar-refractivity contribution in [1.82, 2.24) is 14.9 Å². The van der Waals surface area contributed by atoms with Crippen LogP contribution in [0.1, 0.15) is 47.4 Å². The predicted octanol–water partition coefficient (Wildman–Crippen LogP) is 4.89. The number of ether oxygens (including phenoxy) is 1. The third-order valence-corrected chi connectivity index (χ3v) is 6.17. The molecule has 6 nitrogen and oxygen atoms in total. The van der Waals surface area contributed by atoms with Gasteiger partial charge in [-0.3, -0.25) is 4.79 Å². The van der Waals surface area contributed by atoms with E-state index in [1.807, 2.05) is 29.2 Å². The number of rotatable bonds is 5. The topological polar surface area (TPSA) is 71.4 Å². The first-order chi connectivity index (χ1) is 15.1. The summed E-state index contributed by atoms with van der Waals surface area (Å²) in [5.74, 6) is 0.938. The van der Waals surface area contributed by atoms with Crippen LogP contribution >= 0.6 is 0 Å². The molecule has 0 unspecified atom stereocenters. The number of para-hydroxylation sites is 1. The quantitative estimate of drug-likeness (QED) is 0.502. The molecule has 4 aromatic rings. The summed E-state index contributed by atoms with van der Waals surface area (Å²) < 4.78 is 11.0. The average molecular weight is 418 g/mol. The van der Waals surface area contributed by atoms with Gasteiger partial charge in [-0.1, -0.05) is 32.0 Å². The van der Waals surface area contributed by atoms with Crippen molar-refractivity contribution in [1.29, 1.82) is 0 Å². The van der Waals surface area contributed by atoms with E-state index in [2.05, 4.69) is 42.0 Å². The molecule has 0 bridgehead atoms. The molecule has 0 fully saturated rings. The van der Waals surface area contributed by atoms with Gasteiger partial charge < -0.3 is 19.0 Å². The van der Waals surface area contributed by atoms with Crippen LogP contribution in [-0.4, -0.2) is 41.0 Å². The number of aromatic nitrogens is 2. The number of fused-ring (bicyclic) bond motifs is 4. The van der Waals surface area contributed by atoms with Crippen molar-refractivity contribution in [2.75, 3.05) is 20.3 Å². The molecule has 2 aromatic heterocycles. The average Bonchev–Trinajstić information content (AvgIpc) is 3.36. The first kappa shape index (κ1) is 19.8. The summed E-state index contributed by atoms with van der Waals surface area (Å²) in [4.78, 5) is 23.7. The van der Waals surface area contributed by atoms with Gasteiger partial charge in [0.1, 0.15) is 5.52 Å². The number of aromatic amines is 1. The smallest absolute Gasteiger partial charge is 0.254 e. The van der Waals surface area contributed by atoms with Gasteiger partial charge >= 0.3 is 0 Å². The number of benzene rings is 2. The fourth-order valence-corrected chi connectivity index (χ4v) is 4.76. The highest BCUT2D eigenvalue weighted by Crippen LogP contribution is 2.39. The highest BCUT2D eigenvalue weighted by atomic mass is 16.5. The maximum Gasteiger partial charge on any atom is 0.254 e. The Morgan fingerprint density at radius 1 is 1.29 bits per heavy atom. The minimum atomic E-state index is 0.00587. The lowest BCUT2D eigenvalue weighted by molar-refractivity contribution is 0.0598. The Labute approximate surface area is 181 Å². The lowest BCUT2D eigenvalue weighted by Gasteiger charge is -2.38. The van der Waals surface area contributed by atoms with Gasteiger partial charge in [-0.15, -0.1) is 0 Å². The van der Waals surface area contributed by atoms with Crippen LogP contribution in [0.25, 0.3) is 22.0 Å². The van der Waals surface area contributed by atoms with Crippen LogP contribution in [0.5, 0.6) is 0 Å². The SMILES string of the molecule is COCCc1nc2ccc(C(=O)N3CCc4c([nH]c5ccccc45)[C@@H]3C(C)C)cc2o1. The lowest BCUT2D eigenvalue weighted by atomic mass is 9.89. The molecule has 5 rings (SSSR count). The van der Waals surface area contributed by atoms with E-state index < -0.39 is 0 Å². The summed E-state index contributed by atoms with van der Waals surface area (Å²) >= 11 is 0. The normalized spacial score (nSPS) is 16.4. The molecule has 2 aromatic carbocycles. The van der Waals surface area contributed by atoms with E-state index in [1.54, 1.807) is 7.11 Å². The monoisotopic (exact) mass is 417 g/mol. The Balaban J connectivity index is 1.49. The fraction of sp³-hybridized carbons (Fsp3) is 0.360. The Morgan fingerprint density at radius 2 is 2.13 bits per heavy atom. The highest BCUT2D eigenvalue weighted by Gasteiger charge is 2.35. The zero-order valence-electron chi connectivity index (χ0n) is 18.1. The van der Waals surface area contributed by atoms with Crippen molar-refractivity contribution in [3.05, 3.63) is 65.2 Å². The number of hydrogen-bond acceptors (Lipinski definition) is 4. The molecule has 1 N–H and O–H groups in total. The first-order valence-corrected chi connectivity index (χ1v) is 10.9. The second-order valence-corrected chi connectivity index (χ2v) is 8.53. The number of methoxy groups -OCH3 is 1. The Kier molecular flexibility index (Phi) is 5.02. The maximum absolute atomic E-state index is 13.6. The van der Waals surface area contributed by atoms with Crippen LogP contribution in [-0.2, 0) is 17.6 Å². The van der Waals surface area contributed by atoms with Crippen molar-refractivity contribution in [2.45, 2.75) is 32.7 Å². The third-order valence-electron chi connectivity index (χ3n) is 6.17.